The molecule has 0 radical (unpaired) electrons. The molecule has 0 aromatic carbocycles. The summed E-state index contributed by atoms with van der Waals surface area (Å²) < 4.78 is 12.8. The maximum atomic E-state index is 6.42. The second-order valence-electron chi connectivity index (χ2n) is 8.28. The van der Waals surface area contributed by atoms with Crippen LogP contribution in [0.2, 0.25) is 0 Å². The number of fused-ring (bicyclic) bond motifs is 2. The minimum absolute atomic E-state index is 0.235. The van der Waals surface area contributed by atoms with Crippen LogP contribution in [0.4, 0.5) is 0 Å². The third-order valence-corrected chi connectivity index (χ3v) is 6.92. The van der Waals surface area contributed by atoms with Crippen molar-refractivity contribution in [1.82, 2.24) is 0 Å². The van der Waals surface area contributed by atoms with Crippen LogP contribution in [0.1, 0.15) is 90.9 Å². The highest BCUT2D eigenvalue weighted by atomic mass is 16.7. The van der Waals surface area contributed by atoms with Gasteiger partial charge in [0.15, 0.2) is 5.79 Å². The van der Waals surface area contributed by atoms with Gasteiger partial charge in [-0.1, -0.05) is 77.4 Å². The first-order chi connectivity index (χ1) is 11.8. The molecule has 0 N–H and O–H groups in total. The topological polar surface area (TPSA) is 18.5 Å². The van der Waals surface area contributed by atoms with Gasteiger partial charge in [-0.2, -0.15) is 0 Å². The van der Waals surface area contributed by atoms with E-state index in [1.54, 1.807) is 0 Å². The highest BCUT2D eigenvalue weighted by Crippen LogP contribution is 2.69. The van der Waals surface area contributed by atoms with Crippen molar-refractivity contribution in [3.8, 4) is 0 Å². The predicted octanol–water partition coefficient (Wildman–Crippen LogP) is 6.25. The van der Waals surface area contributed by atoms with E-state index in [1.165, 1.54) is 77.0 Å². The predicted molar refractivity (Wildman–Crippen MR) is 99.9 cm³/mol. The Labute approximate surface area is 149 Å². The summed E-state index contributed by atoms with van der Waals surface area (Å²) in [7, 11) is 0. The molecule has 3 rings (SSSR count). The minimum atomic E-state index is -0.235. The molecule has 0 aromatic heterocycles. The molecule has 138 valence electrons. The standard InChI is InChI=1S/C22H38O2/c1-3-5-7-9-14-20-19-13-10-12-16-21(19,15-11-8-6-4-2)22(20)23-17-18-24-22/h10,13,19-20H,3-9,11-12,14-18H2,1-2H3. The molecule has 3 atom stereocenters. The van der Waals surface area contributed by atoms with Gasteiger partial charge >= 0.3 is 0 Å². The number of unbranched alkanes of at least 4 members (excludes halogenated alkanes) is 6. The van der Waals surface area contributed by atoms with E-state index in [0.717, 1.165) is 13.2 Å². The van der Waals surface area contributed by atoms with Crippen molar-refractivity contribution in [3.05, 3.63) is 12.2 Å². The Morgan fingerprint density at radius 2 is 1.62 bits per heavy atom. The molecule has 1 saturated heterocycles. The number of hydrogen-bond donors (Lipinski definition) is 0. The van der Waals surface area contributed by atoms with Crippen molar-refractivity contribution in [1.29, 1.82) is 0 Å². The van der Waals surface area contributed by atoms with Gasteiger partial charge in [0, 0.05) is 11.3 Å². The van der Waals surface area contributed by atoms with E-state index >= 15 is 0 Å². The van der Waals surface area contributed by atoms with Crippen LogP contribution in [-0.4, -0.2) is 19.0 Å². The zero-order valence-corrected chi connectivity index (χ0v) is 16.0. The molecule has 1 saturated carbocycles. The second kappa shape index (κ2) is 8.36. The monoisotopic (exact) mass is 334 g/mol. The molecule has 0 aromatic rings. The van der Waals surface area contributed by atoms with Crippen molar-refractivity contribution in [2.45, 2.75) is 96.7 Å². The third kappa shape index (κ3) is 3.09. The van der Waals surface area contributed by atoms with Gasteiger partial charge in [0.25, 0.3) is 0 Å². The first kappa shape index (κ1) is 18.5. The van der Waals surface area contributed by atoms with Gasteiger partial charge in [-0.05, 0) is 31.6 Å². The van der Waals surface area contributed by atoms with Gasteiger partial charge in [-0.15, -0.1) is 0 Å². The molecule has 2 nitrogen and oxygen atoms in total. The molecule has 1 heterocycles. The summed E-state index contributed by atoms with van der Waals surface area (Å²) >= 11 is 0. The first-order valence-electron chi connectivity index (χ1n) is 10.8. The highest BCUT2D eigenvalue weighted by Gasteiger charge is 2.73. The number of allylic oxidation sites excluding steroid dienone is 2. The molecular weight excluding hydrogens is 296 g/mol. The van der Waals surface area contributed by atoms with Crippen molar-refractivity contribution < 1.29 is 9.47 Å². The van der Waals surface area contributed by atoms with Crippen LogP contribution in [0.5, 0.6) is 0 Å². The zero-order chi connectivity index (χ0) is 16.9. The normalized spacial score (nSPS) is 33.6. The van der Waals surface area contributed by atoms with E-state index in [1.807, 2.05) is 0 Å². The van der Waals surface area contributed by atoms with Gasteiger partial charge < -0.3 is 9.47 Å². The summed E-state index contributed by atoms with van der Waals surface area (Å²) in [5.41, 5.74) is 0.279. The third-order valence-electron chi connectivity index (χ3n) is 6.92. The van der Waals surface area contributed by atoms with Crippen LogP contribution < -0.4 is 0 Å². The van der Waals surface area contributed by atoms with E-state index in [-0.39, 0.29) is 11.2 Å². The summed E-state index contributed by atoms with van der Waals surface area (Å²) in [6.45, 7) is 6.20. The molecule has 3 aliphatic rings. The van der Waals surface area contributed by atoms with Crippen LogP contribution in [0.3, 0.4) is 0 Å². The Kier molecular flexibility index (Phi) is 6.43. The van der Waals surface area contributed by atoms with Gasteiger partial charge in [-0.25, -0.2) is 0 Å². The van der Waals surface area contributed by atoms with E-state index < -0.39 is 0 Å². The van der Waals surface area contributed by atoms with Gasteiger partial charge in [0.05, 0.1) is 13.2 Å². The van der Waals surface area contributed by atoms with Crippen molar-refractivity contribution in [3.63, 3.8) is 0 Å². The quantitative estimate of drug-likeness (QED) is 0.347. The molecule has 1 aliphatic heterocycles. The largest absolute Gasteiger partial charge is 0.347 e. The molecular formula is C22H38O2. The SMILES string of the molecule is CCCCCCC1C2C=CCCC2(CCCCCC)C12OCCO2. The lowest BCUT2D eigenvalue weighted by Crippen LogP contribution is -2.71. The van der Waals surface area contributed by atoms with Crippen LogP contribution in [0.15, 0.2) is 12.2 Å². The molecule has 2 heteroatoms. The van der Waals surface area contributed by atoms with Crippen LogP contribution in [0.25, 0.3) is 0 Å². The zero-order valence-electron chi connectivity index (χ0n) is 16.0. The van der Waals surface area contributed by atoms with Crippen LogP contribution in [0, 0.1) is 17.3 Å². The Bertz CT molecular complexity index is 410. The molecule has 0 bridgehead atoms. The Morgan fingerprint density at radius 1 is 0.917 bits per heavy atom. The average molecular weight is 335 g/mol. The number of hydrogen-bond acceptors (Lipinski definition) is 2. The van der Waals surface area contributed by atoms with E-state index in [4.69, 9.17) is 9.47 Å². The molecule has 24 heavy (non-hydrogen) atoms. The maximum absolute atomic E-state index is 6.42. The lowest BCUT2D eigenvalue weighted by atomic mass is 9.43. The fraction of sp³-hybridized carbons (Fsp3) is 0.909. The first-order valence-corrected chi connectivity index (χ1v) is 10.8. The molecule has 2 aliphatic carbocycles. The summed E-state index contributed by atoms with van der Waals surface area (Å²) in [5, 5.41) is 0. The van der Waals surface area contributed by atoms with Crippen LogP contribution >= 0.6 is 0 Å². The molecule has 3 unspecified atom stereocenters. The second-order valence-corrected chi connectivity index (χ2v) is 8.28. The number of ether oxygens (including phenoxy) is 2. The summed E-state index contributed by atoms with van der Waals surface area (Å²) in [6, 6.07) is 0. The molecule has 2 fully saturated rings. The fourth-order valence-corrected chi connectivity index (χ4v) is 5.79. The average Bonchev–Trinajstić information content (AvgIpc) is 3.12. The lowest BCUT2D eigenvalue weighted by Gasteiger charge is -2.67. The summed E-state index contributed by atoms with van der Waals surface area (Å²) in [6.07, 6.45) is 20.8. The summed E-state index contributed by atoms with van der Waals surface area (Å²) in [4.78, 5) is 0. The smallest absolute Gasteiger partial charge is 0.178 e. The van der Waals surface area contributed by atoms with Crippen molar-refractivity contribution in [2.75, 3.05) is 13.2 Å². The molecule has 0 amide bonds. The van der Waals surface area contributed by atoms with Crippen molar-refractivity contribution in [2.24, 2.45) is 17.3 Å². The molecule has 1 spiro atoms. The highest BCUT2D eigenvalue weighted by molar-refractivity contribution is 5.23. The van der Waals surface area contributed by atoms with Gasteiger partial charge in [0.1, 0.15) is 0 Å². The van der Waals surface area contributed by atoms with E-state index in [9.17, 15) is 0 Å². The summed E-state index contributed by atoms with van der Waals surface area (Å²) in [5.74, 6) is 1.06. The van der Waals surface area contributed by atoms with Gasteiger partial charge in [0.2, 0.25) is 0 Å². The number of rotatable bonds is 10. The Hall–Kier alpha value is -0.340. The van der Waals surface area contributed by atoms with E-state index in [2.05, 4.69) is 26.0 Å². The Morgan fingerprint density at radius 3 is 2.33 bits per heavy atom. The van der Waals surface area contributed by atoms with Crippen molar-refractivity contribution >= 4 is 0 Å². The van der Waals surface area contributed by atoms with Crippen LogP contribution in [-0.2, 0) is 9.47 Å². The van der Waals surface area contributed by atoms with E-state index in [0.29, 0.717) is 11.8 Å². The maximum Gasteiger partial charge on any atom is 0.178 e. The van der Waals surface area contributed by atoms with Gasteiger partial charge in [-0.3, -0.25) is 0 Å². The fourth-order valence-electron chi connectivity index (χ4n) is 5.79. The lowest BCUT2D eigenvalue weighted by molar-refractivity contribution is -0.367. The Balaban J connectivity index is 1.69. The minimum Gasteiger partial charge on any atom is -0.347 e.